The molecule has 0 bridgehead atoms. The second-order valence-electron chi connectivity index (χ2n) is 11.4. The number of hydrogen-bond acceptors (Lipinski definition) is 3. The van der Waals surface area contributed by atoms with E-state index in [4.69, 9.17) is 0 Å². The van der Waals surface area contributed by atoms with Crippen LogP contribution in [-0.4, -0.2) is 63.0 Å². The normalized spacial score (nSPS) is 25.6. The molecule has 2 aromatic rings. The molecule has 34 heavy (non-hydrogen) atoms. The second kappa shape index (κ2) is 6.76. The highest BCUT2D eigenvalue weighted by Crippen LogP contribution is 2.59. The van der Waals surface area contributed by atoms with Crippen LogP contribution in [0.3, 0.4) is 0 Å². The molecule has 1 aromatic carbocycles. The fourth-order valence-electron chi connectivity index (χ4n) is 6.26. The summed E-state index contributed by atoms with van der Waals surface area (Å²) in [6, 6.07) is 7.40. The maximum Gasteiger partial charge on any atom is 0.398 e. The third-order valence-electron chi connectivity index (χ3n) is 8.88. The lowest BCUT2D eigenvalue weighted by atomic mass is 9.61. The molecule has 3 heterocycles. The molecule has 5 aliphatic rings. The Morgan fingerprint density at radius 3 is 2.24 bits per heavy atom. The Bertz CT molecular complexity index is 1110. The van der Waals surface area contributed by atoms with Gasteiger partial charge in [0.1, 0.15) is 6.33 Å². The van der Waals surface area contributed by atoms with Crippen molar-refractivity contribution < 1.29 is 18.0 Å². The first-order chi connectivity index (χ1) is 16.3. The van der Waals surface area contributed by atoms with Crippen molar-refractivity contribution in [3.63, 3.8) is 0 Å². The summed E-state index contributed by atoms with van der Waals surface area (Å²) < 4.78 is 42.0. The van der Waals surface area contributed by atoms with Crippen LogP contribution in [0, 0.1) is 5.41 Å². The largest absolute Gasteiger partial charge is 0.398 e. The monoisotopic (exact) mass is 471 g/mol. The summed E-state index contributed by atoms with van der Waals surface area (Å²) >= 11 is 0. The molecular weight excluding hydrogens is 443 g/mol. The molecule has 2 saturated heterocycles. The zero-order valence-electron chi connectivity index (χ0n) is 19.0. The summed E-state index contributed by atoms with van der Waals surface area (Å²) in [7, 11) is 0. The van der Waals surface area contributed by atoms with E-state index in [0.29, 0.717) is 30.6 Å². The van der Waals surface area contributed by atoms with E-state index in [9.17, 15) is 18.0 Å². The first-order valence-corrected chi connectivity index (χ1v) is 12.4. The van der Waals surface area contributed by atoms with E-state index in [1.54, 1.807) is 12.1 Å². The van der Waals surface area contributed by atoms with Gasteiger partial charge in [0, 0.05) is 43.4 Å². The standard InChI is InChI=1S/C25H28F3N5O/c26-25(27,28)24(7-8-24)19-5-3-16(4-6-19)18-11-31(12-18)22(34)32-13-23(14-32)9-20(10-23)33-15-29-21(30-33)17-1-2-17/h3-6,15,17-18,20H,1-2,7-14H2. The number of halogens is 3. The zero-order chi connectivity index (χ0) is 23.3. The van der Waals surface area contributed by atoms with Gasteiger partial charge in [-0.1, -0.05) is 24.3 Å². The number of amides is 2. The Morgan fingerprint density at radius 1 is 0.971 bits per heavy atom. The lowest BCUT2D eigenvalue weighted by Gasteiger charge is -2.60. The molecule has 1 spiro atoms. The van der Waals surface area contributed by atoms with E-state index in [1.807, 2.05) is 32.9 Å². The van der Waals surface area contributed by atoms with Gasteiger partial charge in [0.2, 0.25) is 0 Å². The molecule has 2 aliphatic heterocycles. The van der Waals surface area contributed by atoms with Crippen LogP contribution >= 0.6 is 0 Å². The molecule has 1 aromatic heterocycles. The average molecular weight is 472 g/mol. The van der Waals surface area contributed by atoms with E-state index in [2.05, 4.69) is 10.1 Å². The molecule has 5 fully saturated rings. The van der Waals surface area contributed by atoms with E-state index in [0.717, 1.165) is 37.3 Å². The predicted molar refractivity (Wildman–Crippen MR) is 117 cm³/mol. The Kier molecular flexibility index (Phi) is 4.13. The number of carbonyl (C=O) groups excluding carboxylic acids is 1. The third-order valence-corrected chi connectivity index (χ3v) is 8.88. The lowest BCUT2D eigenvalue weighted by molar-refractivity contribution is -0.160. The molecule has 6 nitrogen and oxygen atoms in total. The first kappa shape index (κ1) is 20.8. The zero-order valence-corrected chi connectivity index (χ0v) is 19.0. The van der Waals surface area contributed by atoms with Crippen LogP contribution in [0.5, 0.6) is 0 Å². The van der Waals surface area contributed by atoms with E-state index < -0.39 is 11.6 Å². The van der Waals surface area contributed by atoms with Crippen molar-refractivity contribution in [2.24, 2.45) is 5.41 Å². The van der Waals surface area contributed by atoms with Gasteiger partial charge >= 0.3 is 12.2 Å². The Hall–Kier alpha value is -2.58. The second-order valence-corrected chi connectivity index (χ2v) is 11.4. The van der Waals surface area contributed by atoms with Crippen molar-refractivity contribution in [2.75, 3.05) is 26.2 Å². The SMILES string of the molecule is O=C(N1CC(c2ccc(C3(C(F)(F)F)CC3)cc2)C1)N1CC2(CC(n3cnc(C4CC4)n3)C2)C1. The predicted octanol–water partition coefficient (Wildman–Crippen LogP) is 4.61. The minimum Gasteiger partial charge on any atom is -0.323 e. The Labute approximate surface area is 196 Å². The molecule has 180 valence electrons. The van der Waals surface area contributed by atoms with Crippen LogP contribution in [0.1, 0.15) is 73.4 Å². The Morgan fingerprint density at radius 2 is 1.65 bits per heavy atom. The molecule has 0 unspecified atom stereocenters. The molecule has 0 N–H and O–H groups in total. The number of aromatic nitrogens is 3. The van der Waals surface area contributed by atoms with Gasteiger partial charge < -0.3 is 9.80 Å². The fourth-order valence-corrected chi connectivity index (χ4v) is 6.26. The number of nitrogens with zero attached hydrogens (tertiary/aromatic N) is 5. The molecule has 7 rings (SSSR count). The first-order valence-electron chi connectivity index (χ1n) is 12.4. The van der Waals surface area contributed by atoms with Crippen molar-refractivity contribution in [1.29, 1.82) is 0 Å². The number of benzene rings is 1. The number of urea groups is 1. The van der Waals surface area contributed by atoms with Gasteiger partial charge in [0.15, 0.2) is 5.82 Å². The van der Waals surface area contributed by atoms with Crippen LogP contribution in [0.2, 0.25) is 0 Å². The molecule has 9 heteroatoms. The molecule has 3 saturated carbocycles. The molecule has 3 aliphatic carbocycles. The van der Waals surface area contributed by atoms with E-state index >= 15 is 0 Å². The van der Waals surface area contributed by atoms with Gasteiger partial charge in [-0.25, -0.2) is 14.5 Å². The summed E-state index contributed by atoms with van der Waals surface area (Å²) in [6.45, 7) is 2.89. The van der Waals surface area contributed by atoms with Crippen molar-refractivity contribution in [3.8, 4) is 0 Å². The average Bonchev–Trinajstić information content (AvgIpc) is 3.63. The number of rotatable bonds is 4. The number of likely N-dealkylation sites (tertiary alicyclic amines) is 2. The topological polar surface area (TPSA) is 54.3 Å². The van der Waals surface area contributed by atoms with Crippen molar-refractivity contribution in [2.45, 2.75) is 68.0 Å². The van der Waals surface area contributed by atoms with Gasteiger partial charge in [-0.3, -0.25) is 0 Å². The highest BCUT2D eigenvalue weighted by molar-refractivity contribution is 5.77. The molecule has 2 amide bonds. The molecule has 0 atom stereocenters. The van der Waals surface area contributed by atoms with E-state index in [-0.39, 0.29) is 30.2 Å². The summed E-state index contributed by atoms with van der Waals surface area (Å²) in [5.74, 6) is 1.76. The van der Waals surface area contributed by atoms with Gasteiger partial charge in [0.25, 0.3) is 0 Å². The van der Waals surface area contributed by atoms with Crippen LogP contribution in [-0.2, 0) is 5.41 Å². The van der Waals surface area contributed by atoms with Crippen LogP contribution in [0.15, 0.2) is 30.6 Å². The molecular formula is C25H28F3N5O. The number of hydrogen-bond donors (Lipinski definition) is 0. The summed E-state index contributed by atoms with van der Waals surface area (Å²) in [4.78, 5) is 21.1. The Balaban J connectivity index is 0.893. The van der Waals surface area contributed by atoms with Crippen LogP contribution in [0.4, 0.5) is 18.0 Å². The van der Waals surface area contributed by atoms with Gasteiger partial charge in [-0.2, -0.15) is 18.3 Å². The van der Waals surface area contributed by atoms with Gasteiger partial charge in [-0.05, 0) is 49.7 Å². The van der Waals surface area contributed by atoms with Gasteiger partial charge in [-0.15, -0.1) is 0 Å². The minimum atomic E-state index is -4.18. The lowest BCUT2D eigenvalue weighted by Crippen LogP contribution is -2.67. The highest BCUT2D eigenvalue weighted by Gasteiger charge is 2.64. The maximum atomic E-state index is 13.3. The van der Waals surface area contributed by atoms with Crippen molar-refractivity contribution >= 4 is 6.03 Å². The smallest absolute Gasteiger partial charge is 0.323 e. The summed E-state index contributed by atoms with van der Waals surface area (Å²) in [5.41, 5.74) is -0.000718. The summed E-state index contributed by atoms with van der Waals surface area (Å²) in [5, 5.41) is 4.66. The summed E-state index contributed by atoms with van der Waals surface area (Å²) in [6.07, 6.45) is 2.57. The van der Waals surface area contributed by atoms with Crippen molar-refractivity contribution in [3.05, 3.63) is 47.5 Å². The fraction of sp³-hybridized carbons (Fsp3) is 0.640. The minimum absolute atomic E-state index is 0.0905. The molecule has 0 radical (unpaired) electrons. The van der Waals surface area contributed by atoms with Gasteiger partial charge in [0.05, 0.1) is 11.5 Å². The number of carbonyl (C=O) groups is 1. The quantitative estimate of drug-likeness (QED) is 0.655. The third kappa shape index (κ3) is 3.11. The van der Waals surface area contributed by atoms with Crippen molar-refractivity contribution in [1.82, 2.24) is 24.6 Å². The van der Waals surface area contributed by atoms with E-state index in [1.165, 1.54) is 12.8 Å². The maximum absolute atomic E-state index is 13.3. The van der Waals surface area contributed by atoms with Crippen LogP contribution in [0.25, 0.3) is 0 Å². The highest BCUT2D eigenvalue weighted by atomic mass is 19.4. The number of alkyl halides is 3. The van der Waals surface area contributed by atoms with Crippen LogP contribution < -0.4 is 0 Å².